The molecule has 1 N–H and O–H groups in total. The van der Waals surface area contributed by atoms with Crippen LogP contribution in [0.5, 0.6) is 0 Å². The normalized spacial score (nSPS) is 11.9. The Hall–Kier alpha value is -3.08. The number of amides is 1. The summed E-state index contributed by atoms with van der Waals surface area (Å²) in [5.41, 5.74) is 2.59. The Balaban J connectivity index is 1.98. The van der Waals surface area contributed by atoms with Crippen molar-refractivity contribution < 1.29 is 14.3 Å². The van der Waals surface area contributed by atoms with Gasteiger partial charge in [0.15, 0.2) is 0 Å². The van der Waals surface area contributed by atoms with Crippen molar-refractivity contribution in [2.24, 2.45) is 0 Å². The maximum absolute atomic E-state index is 12.7. The van der Waals surface area contributed by atoms with Gasteiger partial charge in [0, 0.05) is 17.4 Å². The molecule has 3 aromatic rings. The summed E-state index contributed by atoms with van der Waals surface area (Å²) in [4.78, 5) is 24.3. The molecule has 1 heterocycles. The van der Waals surface area contributed by atoms with Gasteiger partial charge in [0.05, 0.1) is 7.11 Å². The predicted molar refractivity (Wildman–Crippen MR) is 96.4 cm³/mol. The van der Waals surface area contributed by atoms with Crippen LogP contribution in [0.4, 0.5) is 0 Å². The number of hydrogen-bond acceptors (Lipinski definition) is 3. The van der Waals surface area contributed by atoms with Crippen molar-refractivity contribution >= 4 is 22.8 Å². The van der Waals surface area contributed by atoms with E-state index in [2.05, 4.69) is 10.1 Å². The number of methoxy groups -OCH3 is 1. The molecule has 1 aromatic heterocycles. The SMILES string of the molecule is COC(=O)C(C)NC(=O)c1cc2ccccc2n1Cc1ccccc1. The molecule has 0 aliphatic rings. The Bertz CT molecular complexity index is 900. The third-order valence-electron chi connectivity index (χ3n) is 4.13. The van der Waals surface area contributed by atoms with Crippen molar-refractivity contribution in [2.75, 3.05) is 7.11 Å². The third-order valence-corrected chi connectivity index (χ3v) is 4.13. The highest BCUT2D eigenvalue weighted by atomic mass is 16.5. The fraction of sp³-hybridized carbons (Fsp3) is 0.200. The van der Waals surface area contributed by atoms with Gasteiger partial charge in [-0.15, -0.1) is 0 Å². The van der Waals surface area contributed by atoms with Crippen LogP contribution in [0.1, 0.15) is 23.0 Å². The van der Waals surface area contributed by atoms with Gasteiger partial charge in [-0.2, -0.15) is 0 Å². The minimum absolute atomic E-state index is 0.301. The van der Waals surface area contributed by atoms with Gasteiger partial charge in [0.2, 0.25) is 0 Å². The van der Waals surface area contributed by atoms with Gasteiger partial charge < -0.3 is 14.6 Å². The van der Waals surface area contributed by atoms with E-state index in [9.17, 15) is 9.59 Å². The van der Waals surface area contributed by atoms with Crippen LogP contribution >= 0.6 is 0 Å². The lowest BCUT2D eigenvalue weighted by molar-refractivity contribution is -0.142. The van der Waals surface area contributed by atoms with Gasteiger partial charge in [-0.1, -0.05) is 48.5 Å². The van der Waals surface area contributed by atoms with E-state index in [1.807, 2.05) is 65.2 Å². The van der Waals surface area contributed by atoms with Crippen LogP contribution in [-0.2, 0) is 16.1 Å². The number of ether oxygens (including phenoxy) is 1. The molecule has 0 aliphatic carbocycles. The average molecular weight is 336 g/mol. The summed E-state index contributed by atoms with van der Waals surface area (Å²) in [6.45, 7) is 2.18. The minimum Gasteiger partial charge on any atom is -0.467 e. The number of hydrogen-bond donors (Lipinski definition) is 1. The molecule has 0 bridgehead atoms. The molecule has 2 aromatic carbocycles. The van der Waals surface area contributed by atoms with Crippen LogP contribution in [0.3, 0.4) is 0 Å². The Kier molecular flexibility index (Phi) is 4.84. The van der Waals surface area contributed by atoms with Crippen LogP contribution in [-0.4, -0.2) is 29.6 Å². The van der Waals surface area contributed by atoms with Crippen LogP contribution in [0.25, 0.3) is 10.9 Å². The van der Waals surface area contributed by atoms with Crippen molar-refractivity contribution in [3.8, 4) is 0 Å². The van der Waals surface area contributed by atoms with Gasteiger partial charge in [-0.05, 0) is 24.6 Å². The second-order valence-corrected chi connectivity index (χ2v) is 5.88. The summed E-state index contributed by atoms with van der Waals surface area (Å²) < 4.78 is 6.64. The number of nitrogens with one attached hydrogen (secondary N) is 1. The Morgan fingerprint density at radius 2 is 1.76 bits per heavy atom. The Labute approximate surface area is 146 Å². The quantitative estimate of drug-likeness (QED) is 0.729. The van der Waals surface area contributed by atoms with E-state index in [-0.39, 0.29) is 5.91 Å². The van der Waals surface area contributed by atoms with E-state index in [4.69, 9.17) is 0 Å². The summed E-state index contributed by atoms with van der Waals surface area (Å²) in [7, 11) is 1.30. The summed E-state index contributed by atoms with van der Waals surface area (Å²) >= 11 is 0. The molecule has 1 unspecified atom stereocenters. The molecule has 3 rings (SSSR count). The lowest BCUT2D eigenvalue weighted by Gasteiger charge is -2.14. The number of rotatable bonds is 5. The molecule has 25 heavy (non-hydrogen) atoms. The van der Waals surface area contributed by atoms with Crippen LogP contribution in [0.15, 0.2) is 60.7 Å². The standard InChI is InChI=1S/C20H20N2O3/c1-14(20(24)25-2)21-19(23)18-12-16-10-6-7-11-17(16)22(18)13-15-8-4-3-5-9-15/h3-12,14H,13H2,1-2H3,(H,21,23). The first-order valence-corrected chi connectivity index (χ1v) is 8.11. The largest absolute Gasteiger partial charge is 0.467 e. The lowest BCUT2D eigenvalue weighted by atomic mass is 10.2. The number of para-hydroxylation sites is 1. The smallest absolute Gasteiger partial charge is 0.328 e. The van der Waals surface area contributed by atoms with Gasteiger partial charge in [0.1, 0.15) is 11.7 Å². The van der Waals surface area contributed by atoms with Gasteiger partial charge in [-0.25, -0.2) is 4.79 Å². The van der Waals surface area contributed by atoms with Crippen molar-refractivity contribution in [1.29, 1.82) is 0 Å². The Morgan fingerprint density at radius 1 is 1.08 bits per heavy atom. The monoisotopic (exact) mass is 336 g/mol. The fourth-order valence-electron chi connectivity index (χ4n) is 2.84. The number of nitrogens with zero attached hydrogens (tertiary/aromatic N) is 1. The molecule has 0 saturated heterocycles. The van der Waals surface area contributed by atoms with Crippen molar-refractivity contribution in [1.82, 2.24) is 9.88 Å². The highest BCUT2D eigenvalue weighted by molar-refractivity contribution is 6.00. The number of esters is 1. The first-order valence-electron chi connectivity index (χ1n) is 8.11. The van der Waals surface area contributed by atoms with E-state index in [0.717, 1.165) is 16.5 Å². The minimum atomic E-state index is -0.708. The molecule has 0 fully saturated rings. The first kappa shape index (κ1) is 16.8. The zero-order valence-corrected chi connectivity index (χ0v) is 14.2. The van der Waals surface area contributed by atoms with Crippen molar-refractivity contribution in [3.05, 3.63) is 71.9 Å². The topological polar surface area (TPSA) is 60.3 Å². The third kappa shape index (κ3) is 3.55. The van der Waals surface area contributed by atoms with Gasteiger partial charge in [0.25, 0.3) is 5.91 Å². The average Bonchev–Trinajstić information content (AvgIpc) is 3.00. The maximum atomic E-state index is 12.7. The number of carbonyl (C=O) groups is 2. The molecule has 1 amide bonds. The number of aromatic nitrogens is 1. The molecule has 0 saturated carbocycles. The zero-order chi connectivity index (χ0) is 17.8. The fourth-order valence-corrected chi connectivity index (χ4v) is 2.84. The predicted octanol–water partition coefficient (Wildman–Crippen LogP) is 2.98. The molecule has 128 valence electrons. The molecule has 5 nitrogen and oxygen atoms in total. The number of carbonyl (C=O) groups excluding carboxylic acids is 2. The highest BCUT2D eigenvalue weighted by Gasteiger charge is 2.21. The van der Waals surface area contributed by atoms with E-state index in [0.29, 0.717) is 12.2 Å². The van der Waals surface area contributed by atoms with Crippen molar-refractivity contribution in [2.45, 2.75) is 19.5 Å². The second-order valence-electron chi connectivity index (χ2n) is 5.88. The van der Waals surface area contributed by atoms with E-state index >= 15 is 0 Å². The van der Waals surface area contributed by atoms with E-state index in [1.54, 1.807) is 6.92 Å². The summed E-state index contributed by atoms with van der Waals surface area (Å²) in [6, 6.07) is 18.9. The van der Waals surface area contributed by atoms with E-state index < -0.39 is 12.0 Å². The molecule has 0 radical (unpaired) electrons. The number of benzene rings is 2. The van der Waals surface area contributed by atoms with Gasteiger partial charge >= 0.3 is 5.97 Å². The first-order chi connectivity index (χ1) is 12.1. The molecular formula is C20H20N2O3. The van der Waals surface area contributed by atoms with Crippen LogP contribution in [0, 0.1) is 0 Å². The molecule has 0 aliphatic heterocycles. The maximum Gasteiger partial charge on any atom is 0.328 e. The molecule has 1 atom stereocenters. The van der Waals surface area contributed by atoms with Crippen molar-refractivity contribution in [3.63, 3.8) is 0 Å². The van der Waals surface area contributed by atoms with Crippen LogP contribution in [0.2, 0.25) is 0 Å². The second kappa shape index (κ2) is 7.21. The Morgan fingerprint density at radius 3 is 2.48 bits per heavy atom. The molecule has 5 heteroatoms. The van der Waals surface area contributed by atoms with Gasteiger partial charge in [-0.3, -0.25) is 4.79 Å². The van der Waals surface area contributed by atoms with E-state index in [1.165, 1.54) is 7.11 Å². The van der Waals surface area contributed by atoms with Crippen LogP contribution < -0.4 is 5.32 Å². The summed E-state index contributed by atoms with van der Waals surface area (Å²) in [5.74, 6) is -0.774. The molecule has 0 spiro atoms. The molecular weight excluding hydrogens is 316 g/mol. The number of fused-ring (bicyclic) bond motifs is 1. The summed E-state index contributed by atoms with van der Waals surface area (Å²) in [6.07, 6.45) is 0. The summed E-state index contributed by atoms with van der Waals surface area (Å²) in [5, 5.41) is 3.68. The lowest BCUT2D eigenvalue weighted by Crippen LogP contribution is -2.39. The zero-order valence-electron chi connectivity index (χ0n) is 14.2. The highest BCUT2D eigenvalue weighted by Crippen LogP contribution is 2.21.